The Hall–Kier alpha value is -0.0800. The summed E-state index contributed by atoms with van der Waals surface area (Å²) in [4.78, 5) is 2.36. The highest BCUT2D eigenvalue weighted by Gasteiger charge is 2.07. The smallest absolute Gasteiger partial charge is 0.0465 e. The van der Waals surface area contributed by atoms with Gasteiger partial charge in [0.05, 0.1) is 0 Å². The lowest BCUT2D eigenvalue weighted by molar-refractivity contribution is 0.162. The number of methoxy groups -OCH3 is 1. The van der Waals surface area contributed by atoms with Crippen molar-refractivity contribution in [3.05, 3.63) is 0 Å². The Bertz CT molecular complexity index is 95.8. The molecule has 0 bridgehead atoms. The third-order valence-corrected chi connectivity index (χ3v) is 2.42. The van der Waals surface area contributed by atoms with Gasteiger partial charge in [0.1, 0.15) is 0 Å². The van der Waals surface area contributed by atoms with E-state index < -0.39 is 0 Å². The zero-order valence-corrected chi connectivity index (χ0v) is 8.97. The van der Waals surface area contributed by atoms with Crippen LogP contribution in [0.3, 0.4) is 0 Å². The van der Waals surface area contributed by atoms with E-state index in [1.165, 1.54) is 19.4 Å². The van der Waals surface area contributed by atoms with E-state index in [1.807, 2.05) is 0 Å². The standard InChI is InChI=1S/C10H23NO/c1-5-10(7-8-12-4)9-11(3)6-2/h10H,5-9H2,1-4H3. The Labute approximate surface area is 76.9 Å². The fourth-order valence-corrected chi connectivity index (χ4v) is 1.28. The molecule has 0 amide bonds. The van der Waals surface area contributed by atoms with E-state index in [0.29, 0.717) is 0 Å². The van der Waals surface area contributed by atoms with Gasteiger partial charge < -0.3 is 9.64 Å². The molecule has 0 spiro atoms. The summed E-state index contributed by atoms with van der Waals surface area (Å²) in [6.07, 6.45) is 2.45. The fraction of sp³-hybridized carbons (Fsp3) is 1.00. The summed E-state index contributed by atoms with van der Waals surface area (Å²) in [6, 6.07) is 0. The van der Waals surface area contributed by atoms with Crippen LogP contribution in [0.2, 0.25) is 0 Å². The third kappa shape index (κ3) is 5.56. The van der Waals surface area contributed by atoms with Gasteiger partial charge in [0.25, 0.3) is 0 Å². The lowest BCUT2D eigenvalue weighted by Crippen LogP contribution is -2.25. The van der Waals surface area contributed by atoms with Gasteiger partial charge in [-0.3, -0.25) is 0 Å². The van der Waals surface area contributed by atoms with Gasteiger partial charge in [0, 0.05) is 20.3 Å². The van der Waals surface area contributed by atoms with Gasteiger partial charge in [-0.05, 0) is 25.9 Å². The first-order chi connectivity index (χ1) is 5.74. The van der Waals surface area contributed by atoms with Gasteiger partial charge in [0.2, 0.25) is 0 Å². The van der Waals surface area contributed by atoms with E-state index in [4.69, 9.17) is 4.74 Å². The predicted octanol–water partition coefficient (Wildman–Crippen LogP) is 2.00. The van der Waals surface area contributed by atoms with Gasteiger partial charge in [0.15, 0.2) is 0 Å². The molecule has 2 nitrogen and oxygen atoms in total. The molecule has 74 valence electrons. The first kappa shape index (κ1) is 11.9. The number of hydrogen-bond donors (Lipinski definition) is 0. The van der Waals surface area contributed by atoms with Gasteiger partial charge in [-0.2, -0.15) is 0 Å². The molecule has 0 saturated carbocycles. The molecule has 1 unspecified atom stereocenters. The molecule has 1 atom stereocenters. The Morgan fingerprint density at radius 1 is 1.33 bits per heavy atom. The summed E-state index contributed by atoms with van der Waals surface area (Å²) in [6.45, 7) is 7.70. The second-order valence-electron chi connectivity index (χ2n) is 3.41. The molecule has 0 N–H and O–H groups in total. The number of ether oxygens (including phenoxy) is 1. The highest BCUT2D eigenvalue weighted by Crippen LogP contribution is 2.09. The van der Waals surface area contributed by atoms with Crippen LogP contribution in [0.25, 0.3) is 0 Å². The van der Waals surface area contributed by atoms with E-state index >= 15 is 0 Å². The maximum atomic E-state index is 5.07. The molecule has 0 aromatic heterocycles. The minimum absolute atomic E-state index is 0.801. The van der Waals surface area contributed by atoms with Crippen molar-refractivity contribution in [3.63, 3.8) is 0 Å². The fourth-order valence-electron chi connectivity index (χ4n) is 1.28. The SMILES string of the molecule is CCC(CCOC)CN(C)CC. The monoisotopic (exact) mass is 173 g/mol. The minimum Gasteiger partial charge on any atom is -0.385 e. The molecule has 12 heavy (non-hydrogen) atoms. The van der Waals surface area contributed by atoms with Crippen molar-refractivity contribution >= 4 is 0 Å². The molecule has 0 aliphatic heterocycles. The van der Waals surface area contributed by atoms with Crippen LogP contribution >= 0.6 is 0 Å². The van der Waals surface area contributed by atoms with Crippen molar-refractivity contribution in [2.75, 3.05) is 33.9 Å². The predicted molar refractivity (Wildman–Crippen MR) is 53.4 cm³/mol. The van der Waals surface area contributed by atoms with Crippen molar-refractivity contribution in [2.24, 2.45) is 5.92 Å². The first-order valence-corrected chi connectivity index (χ1v) is 4.92. The molecule has 0 saturated heterocycles. The molecule has 0 aromatic rings. The Morgan fingerprint density at radius 2 is 2.00 bits per heavy atom. The van der Waals surface area contributed by atoms with Gasteiger partial charge >= 0.3 is 0 Å². The lowest BCUT2D eigenvalue weighted by Gasteiger charge is -2.21. The van der Waals surface area contributed by atoms with Crippen molar-refractivity contribution in [1.82, 2.24) is 4.90 Å². The van der Waals surface area contributed by atoms with Crippen LogP contribution in [0.5, 0.6) is 0 Å². The Kier molecular flexibility index (Phi) is 7.51. The summed E-state index contributed by atoms with van der Waals surface area (Å²) in [5.41, 5.74) is 0. The van der Waals surface area contributed by atoms with E-state index in [-0.39, 0.29) is 0 Å². The van der Waals surface area contributed by atoms with Gasteiger partial charge in [-0.15, -0.1) is 0 Å². The average Bonchev–Trinajstić information content (AvgIpc) is 2.11. The second kappa shape index (κ2) is 7.56. The third-order valence-electron chi connectivity index (χ3n) is 2.42. The van der Waals surface area contributed by atoms with Crippen LogP contribution in [0.15, 0.2) is 0 Å². The molecule has 0 heterocycles. The summed E-state index contributed by atoms with van der Waals surface area (Å²) in [5, 5.41) is 0. The largest absolute Gasteiger partial charge is 0.385 e. The van der Waals surface area contributed by atoms with Crippen LogP contribution in [-0.4, -0.2) is 38.8 Å². The molecule has 0 aliphatic rings. The Balaban J connectivity index is 3.51. The summed E-state index contributed by atoms with van der Waals surface area (Å²) < 4.78 is 5.07. The molecular formula is C10H23NO. The summed E-state index contributed by atoms with van der Waals surface area (Å²) in [7, 11) is 3.95. The molecule has 0 radical (unpaired) electrons. The zero-order chi connectivity index (χ0) is 9.40. The van der Waals surface area contributed by atoms with E-state index in [1.54, 1.807) is 7.11 Å². The van der Waals surface area contributed by atoms with E-state index in [2.05, 4.69) is 25.8 Å². The van der Waals surface area contributed by atoms with Crippen molar-refractivity contribution in [3.8, 4) is 0 Å². The molecule has 0 aliphatic carbocycles. The molecular weight excluding hydrogens is 150 g/mol. The maximum absolute atomic E-state index is 5.07. The summed E-state index contributed by atoms with van der Waals surface area (Å²) in [5.74, 6) is 0.801. The average molecular weight is 173 g/mol. The number of nitrogens with zero attached hydrogens (tertiary/aromatic N) is 1. The van der Waals surface area contributed by atoms with Gasteiger partial charge in [-0.25, -0.2) is 0 Å². The maximum Gasteiger partial charge on any atom is 0.0465 e. The number of hydrogen-bond acceptors (Lipinski definition) is 2. The van der Waals surface area contributed by atoms with Crippen molar-refractivity contribution in [1.29, 1.82) is 0 Å². The molecule has 0 fully saturated rings. The van der Waals surface area contributed by atoms with E-state index in [9.17, 15) is 0 Å². The van der Waals surface area contributed by atoms with Crippen LogP contribution in [0, 0.1) is 5.92 Å². The van der Waals surface area contributed by atoms with E-state index in [0.717, 1.165) is 19.1 Å². The normalized spacial score (nSPS) is 13.8. The quantitative estimate of drug-likeness (QED) is 0.584. The van der Waals surface area contributed by atoms with Crippen LogP contribution in [0.1, 0.15) is 26.7 Å². The topological polar surface area (TPSA) is 12.5 Å². The van der Waals surface area contributed by atoms with Crippen LogP contribution in [-0.2, 0) is 4.74 Å². The molecule has 0 rings (SSSR count). The second-order valence-corrected chi connectivity index (χ2v) is 3.41. The zero-order valence-electron chi connectivity index (χ0n) is 8.97. The van der Waals surface area contributed by atoms with Gasteiger partial charge in [-0.1, -0.05) is 20.3 Å². The highest BCUT2D eigenvalue weighted by molar-refractivity contribution is 4.61. The first-order valence-electron chi connectivity index (χ1n) is 4.92. The summed E-state index contributed by atoms with van der Waals surface area (Å²) >= 11 is 0. The van der Waals surface area contributed by atoms with Crippen LogP contribution in [0.4, 0.5) is 0 Å². The molecule has 0 aromatic carbocycles. The van der Waals surface area contributed by atoms with Crippen LogP contribution < -0.4 is 0 Å². The minimum atomic E-state index is 0.801. The lowest BCUT2D eigenvalue weighted by atomic mass is 10.0. The Morgan fingerprint density at radius 3 is 2.42 bits per heavy atom. The van der Waals surface area contributed by atoms with Crippen molar-refractivity contribution < 1.29 is 4.74 Å². The number of rotatable bonds is 7. The highest BCUT2D eigenvalue weighted by atomic mass is 16.5. The molecule has 2 heteroatoms. The van der Waals surface area contributed by atoms with Crippen molar-refractivity contribution in [2.45, 2.75) is 26.7 Å².